The second-order valence-corrected chi connectivity index (χ2v) is 18.9. The van der Waals surface area contributed by atoms with Crippen LogP contribution in [0.4, 0.5) is 0 Å². The van der Waals surface area contributed by atoms with E-state index in [1.807, 2.05) is 87.5 Å². The number of aromatic nitrogens is 1. The number of hydrogen-bond acceptors (Lipinski definition) is 9. The van der Waals surface area contributed by atoms with Crippen molar-refractivity contribution in [1.29, 1.82) is 0 Å². The summed E-state index contributed by atoms with van der Waals surface area (Å²) in [5.41, 5.74) is 0.191. The average molecular weight is 800 g/mol. The van der Waals surface area contributed by atoms with E-state index < -0.39 is 62.1 Å². The van der Waals surface area contributed by atoms with Gasteiger partial charge in [-0.05, 0) is 71.4 Å². The van der Waals surface area contributed by atoms with Crippen LogP contribution in [0.5, 0.6) is 11.5 Å². The summed E-state index contributed by atoms with van der Waals surface area (Å²) in [5.74, 6) is -1.92. The van der Waals surface area contributed by atoms with Gasteiger partial charge in [-0.1, -0.05) is 55.3 Å². The van der Waals surface area contributed by atoms with E-state index in [4.69, 9.17) is 14.5 Å². The minimum atomic E-state index is -3.89. The van der Waals surface area contributed by atoms with Gasteiger partial charge < -0.3 is 25.0 Å². The van der Waals surface area contributed by atoms with Crippen LogP contribution in [-0.4, -0.2) is 84.1 Å². The molecule has 2 aliphatic carbocycles. The summed E-state index contributed by atoms with van der Waals surface area (Å²) in [5, 5.41) is 6.01. The molecule has 57 heavy (non-hydrogen) atoms. The molecule has 1 saturated heterocycles. The van der Waals surface area contributed by atoms with E-state index >= 15 is 0 Å². The van der Waals surface area contributed by atoms with Gasteiger partial charge in [0.25, 0.3) is 5.91 Å². The monoisotopic (exact) mass is 799 g/mol. The van der Waals surface area contributed by atoms with E-state index in [0.717, 1.165) is 24.8 Å². The summed E-state index contributed by atoms with van der Waals surface area (Å²) in [4.78, 5) is 62.8. The fourth-order valence-corrected chi connectivity index (χ4v) is 9.37. The number of nitrogens with one attached hydrogen (secondary N) is 3. The Morgan fingerprint density at radius 3 is 2.51 bits per heavy atom. The van der Waals surface area contributed by atoms with Gasteiger partial charge in [0.1, 0.15) is 29.2 Å². The van der Waals surface area contributed by atoms with Crippen molar-refractivity contribution in [2.24, 2.45) is 11.8 Å². The van der Waals surface area contributed by atoms with Crippen molar-refractivity contribution >= 4 is 44.6 Å². The molecule has 0 bridgehead atoms. The minimum absolute atomic E-state index is 0.0446. The lowest BCUT2D eigenvalue weighted by Gasteiger charge is -2.30. The molecule has 13 nitrogen and oxygen atoms in total. The normalized spacial score (nSPS) is 25.6. The van der Waals surface area contributed by atoms with Crippen molar-refractivity contribution in [2.75, 3.05) is 13.7 Å². The molecule has 1 aromatic heterocycles. The van der Waals surface area contributed by atoms with Crippen LogP contribution in [-0.2, 0) is 29.2 Å². The quantitative estimate of drug-likeness (QED) is 0.247. The Morgan fingerprint density at radius 1 is 1.02 bits per heavy atom. The molecule has 0 unspecified atom stereocenters. The first-order valence-corrected chi connectivity index (χ1v) is 21.6. The first kappa shape index (κ1) is 40.2. The van der Waals surface area contributed by atoms with E-state index in [1.54, 1.807) is 7.11 Å². The number of fused-ring (bicyclic) bond motifs is 3. The molecule has 5 atom stereocenters. The predicted octanol–water partition coefficient (Wildman–Crippen LogP) is 5.18. The van der Waals surface area contributed by atoms with Gasteiger partial charge in [0.2, 0.25) is 27.7 Å². The van der Waals surface area contributed by atoms with Crippen molar-refractivity contribution in [1.82, 2.24) is 25.2 Å². The topological polar surface area (TPSA) is 173 Å². The third-order valence-electron chi connectivity index (χ3n) is 11.2. The smallest absolute Gasteiger partial charge is 0.259 e. The standard InChI is InChI=1S/C43H53N5O8S/c1-42(2,3)45-38(49)21-28-15-9-6-5-7-12-16-29-25-43(29,41(52)47-57(53,54)32-18-19-32)46-39(50)36-23-31(26-48(36)40(28)51)56-37-24-34(27-13-10-8-11-14-27)44-35-22-30(55-4)17-20-33(35)37/h8,10-14,16-17,20,22,24,28-29,31-32,36H,5-7,9,15,18-19,21,23,25-26H2,1-4H3,(H,45,49)(H,46,50)(H,47,52)/t28-,29-,31-,36+,43-/m1/s1. The van der Waals surface area contributed by atoms with Crippen LogP contribution in [0.3, 0.4) is 0 Å². The molecular formula is C43H53N5O8S. The van der Waals surface area contributed by atoms with Gasteiger partial charge in [0.05, 0.1) is 30.1 Å². The Bertz CT molecular complexity index is 2170. The summed E-state index contributed by atoms with van der Waals surface area (Å²) >= 11 is 0. The van der Waals surface area contributed by atoms with Crippen LogP contribution in [0.2, 0.25) is 0 Å². The van der Waals surface area contributed by atoms with Crippen LogP contribution in [0, 0.1) is 11.8 Å². The Balaban J connectivity index is 1.23. The highest BCUT2D eigenvalue weighted by Crippen LogP contribution is 2.46. The first-order valence-electron chi connectivity index (χ1n) is 20.0. The summed E-state index contributed by atoms with van der Waals surface area (Å²) in [7, 11) is -2.30. The Hall–Kier alpha value is -4.98. The van der Waals surface area contributed by atoms with E-state index in [-0.39, 0.29) is 37.6 Å². The number of carbonyl (C=O) groups is 4. The third-order valence-corrected chi connectivity index (χ3v) is 13.1. The summed E-state index contributed by atoms with van der Waals surface area (Å²) in [6.45, 7) is 5.70. The second-order valence-electron chi connectivity index (χ2n) is 16.9. The number of carbonyl (C=O) groups excluding carboxylic acids is 4. The van der Waals surface area contributed by atoms with Crippen molar-refractivity contribution in [3.8, 4) is 22.8 Å². The van der Waals surface area contributed by atoms with Crippen LogP contribution in [0.25, 0.3) is 22.2 Å². The number of pyridine rings is 1. The molecule has 7 rings (SSSR count). The summed E-state index contributed by atoms with van der Waals surface area (Å²) in [6, 6.07) is 16.0. The van der Waals surface area contributed by atoms with Gasteiger partial charge in [0, 0.05) is 53.3 Å². The highest BCUT2D eigenvalue weighted by atomic mass is 32.2. The molecule has 3 heterocycles. The van der Waals surface area contributed by atoms with Gasteiger partial charge in [-0.15, -0.1) is 0 Å². The Kier molecular flexibility index (Phi) is 11.4. The molecule has 4 amide bonds. The fraction of sp³-hybridized carbons (Fsp3) is 0.512. The van der Waals surface area contributed by atoms with Crippen molar-refractivity contribution in [3.05, 3.63) is 66.7 Å². The first-order chi connectivity index (χ1) is 27.2. The highest BCUT2D eigenvalue weighted by Gasteiger charge is 2.62. The zero-order valence-corrected chi connectivity index (χ0v) is 33.9. The van der Waals surface area contributed by atoms with Crippen molar-refractivity contribution < 1.29 is 37.1 Å². The van der Waals surface area contributed by atoms with Crippen LogP contribution < -0.4 is 24.8 Å². The van der Waals surface area contributed by atoms with Gasteiger partial charge in [0.15, 0.2) is 0 Å². The number of allylic oxidation sites excluding steroid dienone is 1. The molecule has 14 heteroatoms. The van der Waals surface area contributed by atoms with E-state index in [9.17, 15) is 27.6 Å². The molecule has 3 fully saturated rings. The largest absolute Gasteiger partial charge is 0.497 e. The highest BCUT2D eigenvalue weighted by molar-refractivity contribution is 7.91. The zero-order valence-electron chi connectivity index (χ0n) is 33.1. The number of rotatable bonds is 9. The maximum atomic E-state index is 14.7. The SMILES string of the molecule is COc1ccc2c(O[C@@H]3C[C@H]4C(=O)N[C@]5(C(=O)NS(=O)(=O)C6CC6)C[C@H]5C=CCCCCC[C@H](CC(=O)NC(C)(C)C)C(=O)N4C3)cc(-c3ccccc3)nc2c1. The molecule has 2 saturated carbocycles. The van der Waals surface area contributed by atoms with Crippen molar-refractivity contribution in [3.63, 3.8) is 0 Å². The molecular weight excluding hydrogens is 747 g/mol. The minimum Gasteiger partial charge on any atom is -0.497 e. The molecule has 0 radical (unpaired) electrons. The average Bonchev–Trinajstić information content (AvgIpc) is 4.09. The van der Waals surface area contributed by atoms with E-state index in [0.29, 0.717) is 53.8 Å². The lowest BCUT2D eigenvalue weighted by molar-refractivity contribution is -0.144. The Morgan fingerprint density at radius 2 is 1.79 bits per heavy atom. The van der Waals surface area contributed by atoms with Gasteiger partial charge in [-0.2, -0.15) is 0 Å². The molecule has 3 N–H and O–H groups in total. The van der Waals surface area contributed by atoms with Crippen molar-refractivity contribution in [2.45, 2.75) is 113 Å². The van der Waals surface area contributed by atoms with Crippen LogP contribution in [0.1, 0.15) is 85.0 Å². The number of sulfonamides is 1. The lowest BCUT2D eigenvalue weighted by atomic mass is 9.94. The molecule has 0 spiro atoms. The number of benzene rings is 2. The zero-order chi connectivity index (χ0) is 40.5. The summed E-state index contributed by atoms with van der Waals surface area (Å²) < 4.78 is 40.3. The molecule has 2 aromatic carbocycles. The van der Waals surface area contributed by atoms with Gasteiger partial charge in [-0.3, -0.25) is 23.9 Å². The summed E-state index contributed by atoms with van der Waals surface area (Å²) in [6.07, 6.45) is 8.00. The molecule has 304 valence electrons. The fourth-order valence-electron chi connectivity index (χ4n) is 8.01. The number of hydrogen-bond donors (Lipinski definition) is 3. The van der Waals surface area contributed by atoms with Gasteiger partial charge in [-0.25, -0.2) is 13.4 Å². The molecule has 2 aliphatic heterocycles. The second kappa shape index (κ2) is 16.1. The number of nitrogens with zero attached hydrogens (tertiary/aromatic N) is 2. The molecule has 3 aromatic rings. The number of methoxy groups -OCH3 is 1. The van der Waals surface area contributed by atoms with E-state index in [2.05, 4.69) is 15.4 Å². The predicted molar refractivity (Wildman–Crippen MR) is 216 cm³/mol. The van der Waals surface area contributed by atoms with Crippen LogP contribution >= 0.6 is 0 Å². The van der Waals surface area contributed by atoms with E-state index in [1.165, 1.54) is 4.90 Å². The maximum absolute atomic E-state index is 14.7. The Labute approximate surface area is 334 Å². The number of amides is 4. The maximum Gasteiger partial charge on any atom is 0.259 e. The van der Waals surface area contributed by atoms with Gasteiger partial charge >= 0.3 is 0 Å². The lowest BCUT2D eigenvalue weighted by Crippen LogP contribution is -2.57. The number of ether oxygens (including phenoxy) is 2. The third kappa shape index (κ3) is 9.27. The van der Waals surface area contributed by atoms with Crippen LogP contribution in [0.15, 0.2) is 66.7 Å². The molecule has 4 aliphatic rings.